The zero-order valence-corrected chi connectivity index (χ0v) is 30.6. The maximum absolute atomic E-state index is 14.2. The average Bonchev–Trinajstić information content (AvgIpc) is 3.46. The number of rotatable bonds is 13. The van der Waals surface area contributed by atoms with Crippen LogP contribution in [0.15, 0.2) is 36.4 Å². The van der Waals surface area contributed by atoms with E-state index in [-0.39, 0.29) is 43.7 Å². The number of anilines is 1. The number of hydrogen-bond acceptors (Lipinski definition) is 10. The summed E-state index contributed by atoms with van der Waals surface area (Å²) in [7, 11) is 5.31. The Bertz CT molecular complexity index is 1560. The van der Waals surface area contributed by atoms with E-state index in [1.165, 1.54) is 6.42 Å². The topological polar surface area (TPSA) is 150 Å². The molecule has 4 aliphatic rings. The number of benzene rings is 2. The lowest BCUT2D eigenvalue weighted by molar-refractivity contribution is -0.183. The second kappa shape index (κ2) is 15.3. The fourth-order valence-corrected chi connectivity index (χ4v) is 8.45. The highest BCUT2D eigenvalue weighted by atomic mass is 16.7. The number of carbonyl (C=O) groups is 3. The molecule has 0 radical (unpaired) electrons. The van der Waals surface area contributed by atoms with Gasteiger partial charge in [-0.3, -0.25) is 19.2 Å². The van der Waals surface area contributed by atoms with Gasteiger partial charge in [0.1, 0.15) is 24.4 Å². The van der Waals surface area contributed by atoms with Gasteiger partial charge in [-0.2, -0.15) is 5.06 Å². The Labute approximate surface area is 295 Å². The average molecular weight is 695 g/mol. The van der Waals surface area contributed by atoms with Gasteiger partial charge in [0.15, 0.2) is 0 Å². The summed E-state index contributed by atoms with van der Waals surface area (Å²) in [5, 5.41) is 28.7. The molecule has 8 atom stereocenters. The number of aliphatic hydroxyl groups is 2. The molecule has 4 N–H and O–H groups in total. The van der Waals surface area contributed by atoms with Gasteiger partial charge in [-0.25, -0.2) is 0 Å². The van der Waals surface area contributed by atoms with Crippen LogP contribution < -0.4 is 20.3 Å². The Morgan fingerprint density at radius 2 is 1.90 bits per heavy atom. The lowest BCUT2D eigenvalue weighted by Gasteiger charge is -2.62. The fraction of sp³-hybridized carbons (Fsp3) is 0.605. The molecule has 12 nitrogen and oxygen atoms in total. The molecule has 1 saturated heterocycles. The van der Waals surface area contributed by atoms with E-state index in [0.717, 1.165) is 12.1 Å². The summed E-state index contributed by atoms with van der Waals surface area (Å²) in [6.07, 6.45) is 0.412. The second-order valence-corrected chi connectivity index (χ2v) is 14.9. The number of carbonyl (C=O) groups excluding carboxylic acids is 3. The van der Waals surface area contributed by atoms with E-state index in [1.807, 2.05) is 43.3 Å². The third kappa shape index (κ3) is 7.35. The van der Waals surface area contributed by atoms with Gasteiger partial charge in [0.25, 0.3) is 5.91 Å². The van der Waals surface area contributed by atoms with Crippen LogP contribution in [0.2, 0.25) is 0 Å². The number of fused-ring (bicyclic) bond motifs is 2. The van der Waals surface area contributed by atoms with Gasteiger partial charge in [-0.1, -0.05) is 39.0 Å². The van der Waals surface area contributed by atoms with Gasteiger partial charge < -0.3 is 35.2 Å². The number of amides is 2. The van der Waals surface area contributed by atoms with E-state index in [1.54, 1.807) is 38.2 Å². The summed E-state index contributed by atoms with van der Waals surface area (Å²) < 4.78 is 10.9. The minimum Gasteiger partial charge on any atom is -0.496 e. The van der Waals surface area contributed by atoms with E-state index in [0.29, 0.717) is 45.8 Å². The molecule has 3 aliphatic carbocycles. The number of hydroxylamine groups is 2. The van der Waals surface area contributed by atoms with Crippen molar-refractivity contribution in [2.24, 2.45) is 29.1 Å². The Morgan fingerprint density at radius 3 is 2.50 bits per heavy atom. The van der Waals surface area contributed by atoms with E-state index in [4.69, 9.17) is 14.3 Å². The predicted octanol–water partition coefficient (Wildman–Crippen LogP) is 3.38. The maximum atomic E-state index is 14.2. The third-order valence-electron chi connectivity index (χ3n) is 11.4. The van der Waals surface area contributed by atoms with E-state index >= 15 is 0 Å². The molecule has 3 saturated carbocycles. The van der Waals surface area contributed by atoms with Gasteiger partial charge >= 0.3 is 5.97 Å². The van der Waals surface area contributed by atoms with E-state index < -0.39 is 36.0 Å². The molecule has 6 rings (SSSR count). The molecule has 2 aromatic rings. The lowest BCUT2D eigenvalue weighted by atomic mass is 9.45. The standard InChI is InChI=1S/C38H54N4O8/c1-9-49-32(45)18-39-36(46)25-13-24(14-27(15-25)41(6)7)28-12-10-11-23(35(28)48-8)19-42-34(33(22(3)44)31(20-43)50-42)37(47)40-30-17-26-16-29(21(30)2)38(26,4)5/h10-15,21-22,26,29-31,33-34,43-44H,9,16-20H2,1-8H3,(H,39,46)(H,40,47)/t21-,22-,26+,29+,30?,31-,33+,34-/m0/s1. The normalized spacial score (nSPS) is 27.5. The largest absolute Gasteiger partial charge is 0.496 e. The number of nitrogens with zero attached hydrogens (tertiary/aromatic N) is 2. The highest BCUT2D eigenvalue weighted by Gasteiger charge is 2.57. The SMILES string of the molecule is CCOC(=O)CNC(=O)c1cc(-c2cccc(CN3O[C@@H](CO)[C@@H]([C@H](C)O)[C@H]3C(=O)NC3C[C@H]4C[C@H]([C@@H]3C)C4(C)C)c2OC)cc(N(C)C)c1. The van der Waals surface area contributed by atoms with Crippen LogP contribution >= 0.6 is 0 Å². The number of para-hydroxylation sites is 1. The summed E-state index contributed by atoms with van der Waals surface area (Å²) in [6.45, 7) is 9.94. The number of methoxy groups -OCH3 is 1. The maximum Gasteiger partial charge on any atom is 0.325 e. The molecule has 0 spiro atoms. The Kier molecular flexibility index (Phi) is 11.5. The molecule has 1 unspecified atom stereocenters. The molecule has 2 aromatic carbocycles. The minimum absolute atomic E-state index is 0.0227. The number of esters is 1. The van der Waals surface area contributed by atoms with Crippen molar-refractivity contribution in [3.63, 3.8) is 0 Å². The molecule has 0 aromatic heterocycles. The van der Waals surface area contributed by atoms with Crippen molar-refractivity contribution < 1.29 is 38.9 Å². The molecule has 1 aliphatic heterocycles. The van der Waals surface area contributed by atoms with E-state index in [2.05, 4.69) is 31.4 Å². The van der Waals surface area contributed by atoms with Gasteiger partial charge in [-0.05, 0) is 73.6 Å². The summed E-state index contributed by atoms with van der Waals surface area (Å²) in [6, 6.07) is 10.2. The summed E-state index contributed by atoms with van der Waals surface area (Å²) in [4.78, 5) is 47.3. The Morgan fingerprint density at radius 1 is 1.16 bits per heavy atom. The van der Waals surface area contributed by atoms with Gasteiger partial charge in [0.05, 0.1) is 33.0 Å². The van der Waals surface area contributed by atoms with Crippen LogP contribution in [0.25, 0.3) is 11.1 Å². The van der Waals surface area contributed by atoms with E-state index in [9.17, 15) is 24.6 Å². The van der Waals surface area contributed by atoms with Crippen molar-refractivity contribution in [2.45, 2.75) is 78.3 Å². The number of aliphatic hydroxyl groups excluding tert-OH is 2. The first-order valence-electron chi connectivity index (χ1n) is 17.7. The van der Waals surface area contributed by atoms with Crippen molar-refractivity contribution >= 4 is 23.5 Å². The van der Waals surface area contributed by atoms with Gasteiger partial charge in [-0.15, -0.1) is 0 Å². The van der Waals surface area contributed by atoms with Gasteiger partial charge in [0.2, 0.25) is 5.91 Å². The lowest BCUT2D eigenvalue weighted by Crippen LogP contribution is -2.62. The smallest absolute Gasteiger partial charge is 0.325 e. The zero-order valence-electron chi connectivity index (χ0n) is 30.6. The first-order valence-corrected chi connectivity index (χ1v) is 17.7. The van der Waals surface area contributed by atoms with Crippen LogP contribution in [0.3, 0.4) is 0 Å². The van der Waals surface area contributed by atoms with Crippen molar-refractivity contribution in [1.29, 1.82) is 0 Å². The molecule has 50 heavy (non-hydrogen) atoms. The summed E-state index contributed by atoms with van der Waals surface area (Å²) in [5.74, 6) is 0.109. The molecule has 274 valence electrons. The first-order chi connectivity index (χ1) is 23.7. The quantitative estimate of drug-likeness (QED) is 0.230. The number of nitrogens with one attached hydrogen (secondary N) is 2. The van der Waals surface area contributed by atoms with Crippen LogP contribution in [-0.2, 0) is 25.7 Å². The summed E-state index contributed by atoms with van der Waals surface area (Å²) in [5.41, 5.74) is 3.51. The molecular weight excluding hydrogens is 640 g/mol. The van der Waals surface area contributed by atoms with Crippen LogP contribution in [-0.4, -0.2) is 98.3 Å². The van der Waals surface area contributed by atoms with Gasteiger partial charge in [0, 0.05) is 48.4 Å². The Balaban J connectivity index is 1.44. The first kappa shape index (κ1) is 37.5. The van der Waals surface area contributed by atoms with Crippen molar-refractivity contribution in [3.8, 4) is 16.9 Å². The monoisotopic (exact) mass is 694 g/mol. The number of hydrogen-bond donors (Lipinski definition) is 4. The van der Waals surface area contributed by atoms with Crippen LogP contribution in [0.5, 0.6) is 5.75 Å². The minimum atomic E-state index is -0.917. The second-order valence-electron chi connectivity index (χ2n) is 14.9. The molecule has 1 heterocycles. The van der Waals surface area contributed by atoms with Crippen LogP contribution in [0.4, 0.5) is 5.69 Å². The molecular formula is C38H54N4O8. The number of ether oxygens (including phenoxy) is 2. The highest BCUT2D eigenvalue weighted by molar-refractivity contribution is 5.98. The van der Waals surface area contributed by atoms with Crippen molar-refractivity contribution in [2.75, 3.05) is 45.9 Å². The fourth-order valence-electron chi connectivity index (χ4n) is 8.45. The molecule has 12 heteroatoms. The molecule has 4 fully saturated rings. The third-order valence-corrected chi connectivity index (χ3v) is 11.4. The van der Waals surface area contributed by atoms with Crippen LogP contribution in [0.1, 0.15) is 63.4 Å². The molecule has 2 bridgehead atoms. The zero-order chi connectivity index (χ0) is 36.5. The highest BCUT2D eigenvalue weighted by Crippen LogP contribution is 2.61. The Hall–Kier alpha value is -3.71. The predicted molar refractivity (Wildman–Crippen MR) is 189 cm³/mol. The van der Waals surface area contributed by atoms with Crippen LogP contribution in [0, 0.1) is 29.1 Å². The summed E-state index contributed by atoms with van der Waals surface area (Å²) >= 11 is 0. The van der Waals surface area contributed by atoms with Crippen molar-refractivity contribution in [1.82, 2.24) is 15.7 Å². The van der Waals surface area contributed by atoms with Crippen molar-refractivity contribution in [3.05, 3.63) is 47.5 Å². The molecule has 2 amide bonds.